The quantitative estimate of drug-likeness (QED) is 0.0604. The van der Waals surface area contributed by atoms with Crippen LogP contribution >= 0.6 is 19.2 Å². The van der Waals surface area contributed by atoms with Gasteiger partial charge in [-0.25, -0.2) is 4.57 Å². The molecule has 0 bridgehead atoms. The maximum absolute atomic E-state index is 12.5. The van der Waals surface area contributed by atoms with Gasteiger partial charge in [-0.05, 0) is 54.8 Å². The van der Waals surface area contributed by atoms with E-state index < -0.39 is 13.9 Å². The second-order valence-electron chi connectivity index (χ2n) is 11.2. The van der Waals surface area contributed by atoms with Crippen molar-refractivity contribution in [2.75, 3.05) is 20.3 Å². The van der Waals surface area contributed by atoms with Crippen molar-refractivity contribution in [2.24, 2.45) is 0 Å². The summed E-state index contributed by atoms with van der Waals surface area (Å²) in [5.74, 6) is 1.02. The molecule has 7 nitrogen and oxygen atoms in total. The molecule has 0 spiro atoms. The zero-order chi connectivity index (χ0) is 30.6. The number of hydrogen-bond acceptors (Lipinski definition) is 6. The average Bonchev–Trinajstić information content (AvgIpc) is 3.52. The fourth-order valence-electron chi connectivity index (χ4n) is 4.89. The lowest BCUT2D eigenvalue weighted by atomic mass is 10.0. The van der Waals surface area contributed by atoms with Crippen LogP contribution in [0.15, 0.2) is 65.6 Å². The Hall–Kier alpha value is -2.22. The molecule has 0 aliphatic heterocycles. The molecule has 1 aromatic heterocycles. The largest absolute Gasteiger partial charge is 0.527 e. The Morgan fingerprint density at radius 3 is 2.14 bits per heavy atom. The molecule has 1 heterocycles. The minimum atomic E-state index is -4.33. The molecule has 2 unspecified atom stereocenters. The number of aromatic nitrogens is 1. The molecule has 2 aromatic carbocycles. The number of nitrogens with zero attached hydrogens (tertiary/aromatic N) is 1. The van der Waals surface area contributed by atoms with E-state index in [0.717, 1.165) is 24.3 Å². The van der Waals surface area contributed by atoms with Gasteiger partial charge in [0.25, 0.3) is 0 Å². The molecule has 1 N–H and O–H groups in total. The van der Waals surface area contributed by atoms with Crippen LogP contribution in [0.4, 0.5) is 0 Å². The molecule has 0 amide bonds. The molecule has 0 saturated heterocycles. The van der Waals surface area contributed by atoms with Crippen molar-refractivity contribution in [1.29, 1.82) is 0 Å². The van der Waals surface area contributed by atoms with Gasteiger partial charge in [0, 0.05) is 12.7 Å². The normalized spacial score (nSPS) is 13.5. The fourth-order valence-corrected chi connectivity index (χ4v) is 6.28. The maximum atomic E-state index is 12.5. The lowest BCUT2D eigenvalue weighted by Crippen LogP contribution is -2.30. The van der Waals surface area contributed by atoms with Crippen LogP contribution < -0.4 is 13.8 Å². The Balaban J connectivity index is 1.29. The van der Waals surface area contributed by atoms with Crippen LogP contribution in [-0.2, 0) is 26.8 Å². The van der Waals surface area contributed by atoms with Gasteiger partial charge >= 0.3 is 7.82 Å². The highest BCUT2D eigenvalue weighted by atomic mass is 32.1. The average molecular weight is 633 g/mol. The lowest BCUT2D eigenvalue weighted by molar-refractivity contribution is -0.683. The predicted molar refractivity (Wildman–Crippen MR) is 174 cm³/mol. The topological polar surface area (TPSA) is 78.1 Å². The number of phosphoric ester groups is 1. The summed E-state index contributed by atoms with van der Waals surface area (Å²) >= 11 is 1.62. The predicted octanol–water partition coefficient (Wildman–Crippen LogP) is 8.92. The molecule has 0 fully saturated rings. The molecule has 0 aliphatic carbocycles. The zero-order valence-corrected chi connectivity index (χ0v) is 27.7. The van der Waals surface area contributed by atoms with E-state index in [2.05, 4.69) is 23.6 Å². The number of ether oxygens (including phenoxy) is 2. The van der Waals surface area contributed by atoms with Crippen molar-refractivity contribution >= 4 is 19.2 Å². The highest BCUT2D eigenvalue weighted by molar-refractivity contribution is 7.47. The summed E-state index contributed by atoms with van der Waals surface area (Å²) in [6.45, 7) is 3.03. The Kier molecular flexibility index (Phi) is 17.0. The van der Waals surface area contributed by atoms with E-state index in [1.165, 1.54) is 89.7 Å². The van der Waals surface area contributed by atoms with Gasteiger partial charge in [0.05, 0.1) is 12.0 Å². The van der Waals surface area contributed by atoms with E-state index in [-0.39, 0.29) is 19.0 Å². The van der Waals surface area contributed by atoms with Crippen LogP contribution in [0, 0.1) is 0 Å². The van der Waals surface area contributed by atoms with Crippen molar-refractivity contribution in [2.45, 2.75) is 103 Å². The molecule has 3 rings (SSSR count). The van der Waals surface area contributed by atoms with Gasteiger partial charge in [-0.1, -0.05) is 101 Å². The summed E-state index contributed by atoms with van der Waals surface area (Å²) in [5.41, 5.74) is 4.33. The molecule has 3 aromatic rings. The maximum Gasteiger partial charge on any atom is 0.527 e. The van der Waals surface area contributed by atoms with Crippen molar-refractivity contribution < 1.29 is 32.5 Å². The van der Waals surface area contributed by atoms with Gasteiger partial charge in [0.15, 0.2) is 12.7 Å². The molecule has 43 heavy (non-hydrogen) atoms. The standard InChI is InChI=1S/C34H50NO6PS/c1-3-4-5-6-7-8-9-10-11-12-13-14-16-30-17-15-18-33(25-30)39-27-34(38-2)28-40-42(36,37)41-32-21-19-31(20-22-32)26-35-23-24-43-29-35/h15,17-25,29,34H,3-14,16,26-28H2,1-2H3/p+1. The number of thiazole rings is 1. The molecule has 0 aliphatic rings. The van der Waals surface area contributed by atoms with Gasteiger partial charge in [0.2, 0.25) is 5.51 Å². The van der Waals surface area contributed by atoms with E-state index in [1.807, 2.05) is 41.4 Å². The Labute approximate surface area is 262 Å². The smallest absolute Gasteiger partial charge is 0.491 e. The first-order valence-electron chi connectivity index (χ1n) is 15.9. The van der Waals surface area contributed by atoms with Gasteiger partial charge < -0.3 is 14.0 Å². The fraction of sp³-hybridized carbons (Fsp3) is 0.559. The third-order valence-electron chi connectivity index (χ3n) is 7.45. The summed E-state index contributed by atoms with van der Waals surface area (Å²) in [4.78, 5) is 10.2. The first-order valence-corrected chi connectivity index (χ1v) is 18.3. The van der Waals surface area contributed by atoms with Crippen molar-refractivity contribution in [3.05, 3.63) is 76.7 Å². The van der Waals surface area contributed by atoms with Crippen LogP contribution in [-0.4, -0.2) is 31.3 Å². The monoisotopic (exact) mass is 632 g/mol. The minimum Gasteiger partial charge on any atom is -0.491 e. The molecular formula is C34H51NO6PS+. The number of methoxy groups -OCH3 is 1. The highest BCUT2D eigenvalue weighted by Crippen LogP contribution is 2.44. The van der Waals surface area contributed by atoms with E-state index in [1.54, 1.807) is 23.5 Å². The SMILES string of the molecule is CCCCCCCCCCCCCCc1cccc(OCC(COP(=O)(O)Oc2ccc(C[n+]3ccsc3)cc2)OC)c1. The molecule has 238 valence electrons. The third kappa shape index (κ3) is 15.4. The number of benzene rings is 2. The van der Waals surface area contributed by atoms with E-state index >= 15 is 0 Å². The van der Waals surface area contributed by atoms with Crippen LogP contribution in [0.2, 0.25) is 0 Å². The molecular weight excluding hydrogens is 581 g/mol. The van der Waals surface area contributed by atoms with Gasteiger partial charge in [-0.15, -0.1) is 0 Å². The van der Waals surface area contributed by atoms with Crippen LogP contribution in [0.5, 0.6) is 11.5 Å². The first kappa shape index (κ1) is 35.3. The summed E-state index contributed by atoms with van der Waals surface area (Å²) in [6, 6.07) is 15.2. The second kappa shape index (κ2) is 20.7. The summed E-state index contributed by atoms with van der Waals surface area (Å²) in [6.07, 6.45) is 18.6. The van der Waals surface area contributed by atoms with Crippen LogP contribution in [0.3, 0.4) is 0 Å². The van der Waals surface area contributed by atoms with E-state index in [4.69, 9.17) is 18.5 Å². The summed E-state index contributed by atoms with van der Waals surface area (Å²) < 4.78 is 36.4. The number of rotatable bonds is 24. The van der Waals surface area contributed by atoms with Gasteiger partial charge in [0.1, 0.15) is 24.2 Å². The van der Waals surface area contributed by atoms with E-state index in [0.29, 0.717) is 0 Å². The number of unbranched alkanes of at least 4 members (excludes halogenated alkanes) is 11. The summed E-state index contributed by atoms with van der Waals surface area (Å²) in [7, 11) is -2.81. The summed E-state index contributed by atoms with van der Waals surface area (Å²) in [5, 5.41) is 2.01. The number of phosphoric acid groups is 1. The second-order valence-corrected chi connectivity index (χ2v) is 13.3. The van der Waals surface area contributed by atoms with E-state index in [9.17, 15) is 9.46 Å². The molecule has 0 saturated carbocycles. The number of aryl methyl sites for hydroxylation is 1. The van der Waals surface area contributed by atoms with Crippen LogP contribution in [0.1, 0.15) is 95.1 Å². The zero-order valence-electron chi connectivity index (χ0n) is 26.0. The lowest BCUT2D eigenvalue weighted by Gasteiger charge is -2.19. The van der Waals surface area contributed by atoms with Crippen molar-refractivity contribution in [3.63, 3.8) is 0 Å². The van der Waals surface area contributed by atoms with Crippen LogP contribution in [0.25, 0.3) is 0 Å². The third-order valence-corrected chi connectivity index (χ3v) is 9.03. The highest BCUT2D eigenvalue weighted by Gasteiger charge is 2.25. The first-order chi connectivity index (χ1) is 21.0. The van der Waals surface area contributed by atoms with Crippen molar-refractivity contribution in [3.8, 4) is 11.5 Å². The molecule has 9 heteroatoms. The minimum absolute atomic E-state index is 0.143. The molecule has 2 atom stereocenters. The van der Waals surface area contributed by atoms with Gasteiger partial charge in [-0.2, -0.15) is 4.57 Å². The Morgan fingerprint density at radius 2 is 1.51 bits per heavy atom. The molecule has 0 radical (unpaired) electrons. The number of hydrogen-bond donors (Lipinski definition) is 1. The Bertz CT molecular complexity index is 1170. The van der Waals surface area contributed by atoms with Crippen molar-refractivity contribution in [1.82, 2.24) is 0 Å². The van der Waals surface area contributed by atoms with Gasteiger partial charge in [-0.3, -0.25) is 9.42 Å². The Morgan fingerprint density at radius 1 is 0.837 bits per heavy atom.